The van der Waals surface area contributed by atoms with Crippen LogP contribution in [0.15, 0.2) is 48.5 Å². The third-order valence-electron chi connectivity index (χ3n) is 4.67. The average molecular weight is 392 g/mol. The predicted molar refractivity (Wildman–Crippen MR) is 102 cm³/mol. The number of fused-ring (bicyclic) bond motifs is 2. The van der Waals surface area contributed by atoms with Crippen molar-refractivity contribution in [2.24, 2.45) is 0 Å². The lowest BCUT2D eigenvalue weighted by atomic mass is 10.0. The number of hydrogen-bond acceptors (Lipinski definition) is 4. The van der Waals surface area contributed by atoms with Crippen LogP contribution in [0.2, 0.25) is 0 Å². The smallest absolute Gasteiger partial charge is 0.338 e. The monoisotopic (exact) mass is 392 g/mol. The molecule has 0 aliphatic carbocycles. The number of carboxylic acids is 1. The first-order valence-electron chi connectivity index (χ1n) is 8.78. The Labute approximate surface area is 164 Å². The first-order chi connectivity index (χ1) is 13.9. The number of anilines is 2. The molecule has 1 aliphatic rings. The highest BCUT2D eigenvalue weighted by Gasteiger charge is 2.24. The molecule has 0 fully saturated rings. The maximum absolute atomic E-state index is 13.4. The average Bonchev–Trinajstić information content (AvgIpc) is 2.72. The maximum Gasteiger partial charge on any atom is 0.338 e. The first-order valence-corrected chi connectivity index (χ1v) is 8.78. The van der Waals surface area contributed by atoms with Gasteiger partial charge in [0.1, 0.15) is 0 Å². The van der Waals surface area contributed by atoms with Crippen molar-refractivity contribution in [2.45, 2.75) is 12.8 Å². The Bertz CT molecular complexity index is 1190. The number of nitrogens with one attached hydrogen (secondary N) is 1. The molecule has 0 radical (unpaired) electrons. The molecule has 0 saturated carbocycles. The number of nitrogens with zero attached hydrogens (tertiary/aromatic N) is 1. The van der Waals surface area contributed by atoms with E-state index in [4.69, 9.17) is 10.00 Å². The number of benzene rings is 3. The summed E-state index contributed by atoms with van der Waals surface area (Å²) in [6.07, 6.45) is 1.09. The van der Waals surface area contributed by atoms with Gasteiger partial charge in [-0.15, -0.1) is 0 Å². The van der Waals surface area contributed by atoms with Gasteiger partial charge in [0.05, 0.1) is 28.6 Å². The van der Waals surface area contributed by atoms with Gasteiger partial charge in [0.15, 0.2) is 23.1 Å². The van der Waals surface area contributed by atoms with E-state index in [9.17, 15) is 18.7 Å². The molecule has 29 heavy (non-hydrogen) atoms. The predicted octanol–water partition coefficient (Wildman–Crippen LogP) is 5.17. The summed E-state index contributed by atoms with van der Waals surface area (Å²) < 4.78 is 32.3. The summed E-state index contributed by atoms with van der Waals surface area (Å²) in [4.78, 5) is 11.5. The number of carboxylic acid groups (broad SMARTS) is 1. The molecule has 4 rings (SSSR count). The highest BCUT2D eigenvalue weighted by molar-refractivity contribution is 5.99. The van der Waals surface area contributed by atoms with E-state index in [1.54, 1.807) is 18.2 Å². The fraction of sp³-hybridized carbons (Fsp3) is 0.0909. The van der Waals surface area contributed by atoms with Crippen molar-refractivity contribution in [1.29, 1.82) is 5.26 Å². The minimum absolute atomic E-state index is 0.0490. The van der Waals surface area contributed by atoms with Gasteiger partial charge < -0.3 is 15.2 Å². The topological polar surface area (TPSA) is 82.4 Å². The van der Waals surface area contributed by atoms with Crippen LogP contribution >= 0.6 is 0 Å². The van der Waals surface area contributed by atoms with Crippen LogP contribution in [0.3, 0.4) is 0 Å². The zero-order chi connectivity index (χ0) is 20.5. The summed E-state index contributed by atoms with van der Waals surface area (Å²) in [7, 11) is 0. The first kappa shape index (κ1) is 18.4. The number of carbonyl (C=O) groups is 1. The fourth-order valence-electron chi connectivity index (χ4n) is 3.21. The van der Waals surface area contributed by atoms with Crippen molar-refractivity contribution < 1.29 is 23.4 Å². The van der Waals surface area contributed by atoms with E-state index in [1.165, 1.54) is 18.2 Å². The Balaban J connectivity index is 1.58. The second-order valence-electron chi connectivity index (χ2n) is 6.62. The molecule has 1 heterocycles. The van der Waals surface area contributed by atoms with E-state index in [0.29, 0.717) is 35.5 Å². The van der Waals surface area contributed by atoms with Gasteiger partial charge in [0.25, 0.3) is 0 Å². The normalized spacial score (nSPS) is 11.5. The zero-order valence-electron chi connectivity index (χ0n) is 15.0. The molecule has 5 nitrogen and oxygen atoms in total. The molecule has 1 aliphatic heterocycles. The van der Waals surface area contributed by atoms with Crippen LogP contribution in [0.5, 0.6) is 11.5 Å². The number of ether oxygens (including phenoxy) is 1. The highest BCUT2D eigenvalue weighted by Crippen LogP contribution is 2.44. The van der Waals surface area contributed by atoms with Crippen LogP contribution in [-0.2, 0) is 12.8 Å². The van der Waals surface area contributed by atoms with E-state index in [1.807, 2.05) is 12.1 Å². The molecule has 0 bridgehead atoms. The summed E-state index contributed by atoms with van der Waals surface area (Å²) in [5.74, 6) is -2.17. The van der Waals surface area contributed by atoms with Gasteiger partial charge in [-0.1, -0.05) is 12.1 Å². The molecular formula is C22H14F2N2O3. The van der Waals surface area contributed by atoms with Crippen LogP contribution in [-0.4, -0.2) is 11.1 Å². The van der Waals surface area contributed by atoms with Crippen molar-refractivity contribution in [3.05, 3.63) is 82.4 Å². The number of aryl methyl sites for hydroxylation is 2. The Hall–Kier alpha value is -3.92. The van der Waals surface area contributed by atoms with Crippen molar-refractivity contribution in [3.63, 3.8) is 0 Å². The van der Waals surface area contributed by atoms with Gasteiger partial charge >= 0.3 is 5.97 Å². The number of nitriles is 1. The van der Waals surface area contributed by atoms with Gasteiger partial charge in [0.2, 0.25) is 0 Å². The van der Waals surface area contributed by atoms with Gasteiger partial charge in [0, 0.05) is 6.07 Å². The molecule has 0 saturated heterocycles. The lowest BCUT2D eigenvalue weighted by molar-refractivity contribution is 0.0697. The lowest BCUT2D eigenvalue weighted by Crippen LogP contribution is -2.10. The molecule has 0 atom stereocenters. The van der Waals surface area contributed by atoms with Crippen LogP contribution in [0.4, 0.5) is 20.2 Å². The molecule has 3 aromatic rings. The standard InChI is InChI=1S/C22H14F2N2O3/c23-16-5-3-12(8-17(16)24)1-2-13-4-6-18-19(9-13)29-20-10-14(11-25)7-15(22(27)28)21(20)26-18/h3-10,26H,1-2H2,(H,27,28). The SMILES string of the molecule is N#Cc1cc2c(c(C(=O)O)c1)Nc1ccc(CCc3ccc(F)c(F)c3)cc1O2. The van der Waals surface area contributed by atoms with E-state index in [0.717, 1.165) is 11.6 Å². The van der Waals surface area contributed by atoms with E-state index in [2.05, 4.69) is 5.32 Å². The van der Waals surface area contributed by atoms with E-state index >= 15 is 0 Å². The Kier molecular flexibility index (Phi) is 4.61. The van der Waals surface area contributed by atoms with Crippen molar-refractivity contribution >= 4 is 17.3 Å². The minimum Gasteiger partial charge on any atom is -0.478 e. The summed E-state index contributed by atoms with van der Waals surface area (Å²) in [6.45, 7) is 0. The maximum atomic E-state index is 13.4. The molecule has 2 N–H and O–H groups in total. The second-order valence-corrected chi connectivity index (χ2v) is 6.62. The number of aromatic carboxylic acids is 1. The van der Waals surface area contributed by atoms with Crippen LogP contribution in [0, 0.1) is 23.0 Å². The third-order valence-corrected chi connectivity index (χ3v) is 4.67. The molecule has 0 unspecified atom stereocenters. The summed E-state index contributed by atoms with van der Waals surface area (Å²) in [5, 5.41) is 21.6. The van der Waals surface area contributed by atoms with Gasteiger partial charge in [-0.25, -0.2) is 13.6 Å². The minimum atomic E-state index is -1.17. The van der Waals surface area contributed by atoms with E-state index < -0.39 is 17.6 Å². The van der Waals surface area contributed by atoms with Gasteiger partial charge in [-0.3, -0.25) is 0 Å². The largest absolute Gasteiger partial charge is 0.478 e. The zero-order valence-corrected chi connectivity index (χ0v) is 15.0. The Morgan fingerprint density at radius 2 is 1.72 bits per heavy atom. The summed E-state index contributed by atoms with van der Waals surface area (Å²) in [5.41, 5.74) is 2.61. The molecule has 0 amide bonds. The fourth-order valence-corrected chi connectivity index (χ4v) is 3.21. The number of halogens is 2. The van der Waals surface area contributed by atoms with E-state index in [-0.39, 0.29) is 16.9 Å². The summed E-state index contributed by atoms with van der Waals surface area (Å²) >= 11 is 0. The summed E-state index contributed by atoms with van der Waals surface area (Å²) in [6, 6.07) is 13.9. The molecule has 144 valence electrons. The van der Waals surface area contributed by atoms with Gasteiger partial charge in [-0.2, -0.15) is 5.26 Å². The molecule has 3 aromatic carbocycles. The van der Waals surface area contributed by atoms with Crippen molar-refractivity contribution in [1.82, 2.24) is 0 Å². The number of hydrogen-bond donors (Lipinski definition) is 2. The van der Waals surface area contributed by atoms with Crippen molar-refractivity contribution in [3.8, 4) is 17.6 Å². The molecular weight excluding hydrogens is 378 g/mol. The Morgan fingerprint density at radius 3 is 2.41 bits per heavy atom. The quantitative estimate of drug-likeness (QED) is 0.501. The second kappa shape index (κ2) is 7.24. The molecule has 0 aromatic heterocycles. The van der Waals surface area contributed by atoms with Crippen LogP contribution in [0.1, 0.15) is 27.0 Å². The number of rotatable bonds is 4. The van der Waals surface area contributed by atoms with Crippen LogP contribution in [0.25, 0.3) is 0 Å². The molecule has 0 spiro atoms. The van der Waals surface area contributed by atoms with Crippen molar-refractivity contribution in [2.75, 3.05) is 5.32 Å². The van der Waals surface area contributed by atoms with Gasteiger partial charge in [-0.05, 0) is 54.3 Å². The molecule has 7 heteroatoms. The highest BCUT2D eigenvalue weighted by atomic mass is 19.2. The third kappa shape index (κ3) is 3.60. The lowest BCUT2D eigenvalue weighted by Gasteiger charge is -2.24. The van der Waals surface area contributed by atoms with Crippen LogP contribution < -0.4 is 10.1 Å². The Morgan fingerprint density at radius 1 is 1.00 bits per heavy atom.